The highest BCUT2D eigenvalue weighted by molar-refractivity contribution is 7.90. The third-order valence-electron chi connectivity index (χ3n) is 3.83. The van der Waals surface area contributed by atoms with Crippen molar-refractivity contribution in [1.82, 2.24) is 5.32 Å². The third kappa shape index (κ3) is 5.70. The van der Waals surface area contributed by atoms with Crippen LogP contribution in [0, 0.1) is 0 Å². The van der Waals surface area contributed by atoms with Crippen LogP contribution in [0.1, 0.15) is 28.8 Å². The Morgan fingerprint density at radius 1 is 1.04 bits per heavy atom. The van der Waals surface area contributed by atoms with E-state index in [1.807, 2.05) is 37.3 Å². The summed E-state index contributed by atoms with van der Waals surface area (Å²) in [5, 5.41) is 2.72. The van der Waals surface area contributed by atoms with Gasteiger partial charge in [-0.3, -0.25) is 4.79 Å². The Kier molecular flexibility index (Phi) is 6.52. The maximum Gasteiger partial charge on any atom is 0.338 e. The minimum absolute atomic E-state index is 0.113. The number of hydrogen-bond donors (Lipinski definition) is 1. The van der Waals surface area contributed by atoms with Gasteiger partial charge in [0.15, 0.2) is 16.4 Å². The van der Waals surface area contributed by atoms with Crippen LogP contribution in [0.5, 0.6) is 0 Å². The van der Waals surface area contributed by atoms with Gasteiger partial charge < -0.3 is 10.1 Å². The average Bonchev–Trinajstić information content (AvgIpc) is 2.64. The van der Waals surface area contributed by atoms with Gasteiger partial charge in [-0.15, -0.1) is 0 Å². The molecule has 2 rings (SSSR count). The summed E-state index contributed by atoms with van der Waals surface area (Å²) in [6, 6.07) is 15.1. The second-order valence-corrected chi connectivity index (χ2v) is 8.00. The molecule has 2 aromatic rings. The number of rotatable bonds is 7. The van der Waals surface area contributed by atoms with Crippen molar-refractivity contribution in [2.75, 3.05) is 19.4 Å². The Hall–Kier alpha value is -2.67. The quantitative estimate of drug-likeness (QED) is 0.749. The Balaban J connectivity index is 1.80. The van der Waals surface area contributed by atoms with E-state index in [0.29, 0.717) is 6.54 Å². The van der Waals surface area contributed by atoms with Gasteiger partial charge in [0.25, 0.3) is 5.91 Å². The molecule has 2 aromatic carbocycles. The van der Waals surface area contributed by atoms with Crippen molar-refractivity contribution >= 4 is 21.7 Å². The fraction of sp³-hybridized carbons (Fsp3) is 0.263. The van der Waals surface area contributed by atoms with Crippen LogP contribution < -0.4 is 5.32 Å². The maximum absolute atomic E-state index is 11.9. The maximum atomic E-state index is 11.9. The monoisotopic (exact) mass is 375 g/mol. The van der Waals surface area contributed by atoms with Crippen molar-refractivity contribution in [1.29, 1.82) is 0 Å². The lowest BCUT2D eigenvalue weighted by atomic mass is 10.0. The first kappa shape index (κ1) is 19.7. The fourth-order valence-corrected chi connectivity index (χ4v) is 2.90. The van der Waals surface area contributed by atoms with E-state index in [-0.39, 0.29) is 16.4 Å². The van der Waals surface area contributed by atoms with Crippen LogP contribution in [0.2, 0.25) is 0 Å². The largest absolute Gasteiger partial charge is 0.452 e. The van der Waals surface area contributed by atoms with Crippen LogP contribution in [0.15, 0.2) is 59.5 Å². The molecule has 6 nitrogen and oxygen atoms in total. The molecule has 0 unspecified atom stereocenters. The molecule has 0 radical (unpaired) electrons. The molecule has 7 heteroatoms. The molecule has 0 aliphatic carbocycles. The topological polar surface area (TPSA) is 89.5 Å². The fourth-order valence-electron chi connectivity index (χ4n) is 2.27. The number of esters is 1. The van der Waals surface area contributed by atoms with Crippen LogP contribution in [0.3, 0.4) is 0 Å². The Morgan fingerprint density at radius 2 is 1.65 bits per heavy atom. The van der Waals surface area contributed by atoms with Gasteiger partial charge in [-0.25, -0.2) is 13.2 Å². The van der Waals surface area contributed by atoms with Gasteiger partial charge in [-0.05, 0) is 35.7 Å². The molecule has 0 bridgehead atoms. The SMILES string of the molecule is C[C@@H](CNC(=O)COC(=O)c1ccc(S(C)(=O)=O)cc1)c1ccccc1. The Morgan fingerprint density at radius 3 is 2.23 bits per heavy atom. The first-order valence-electron chi connectivity index (χ1n) is 8.06. The molecule has 0 fully saturated rings. The zero-order valence-corrected chi connectivity index (χ0v) is 15.5. The van der Waals surface area contributed by atoms with E-state index in [4.69, 9.17) is 4.74 Å². The zero-order valence-electron chi connectivity index (χ0n) is 14.6. The molecule has 0 aromatic heterocycles. The van der Waals surface area contributed by atoms with E-state index in [9.17, 15) is 18.0 Å². The van der Waals surface area contributed by atoms with Crippen molar-refractivity contribution in [3.8, 4) is 0 Å². The molecule has 0 saturated carbocycles. The van der Waals surface area contributed by atoms with Gasteiger partial charge in [0.2, 0.25) is 0 Å². The van der Waals surface area contributed by atoms with Crippen molar-refractivity contribution in [3.05, 3.63) is 65.7 Å². The number of carbonyl (C=O) groups is 2. The lowest BCUT2D eigenvalue weighted by Gasteiger charge is -2.13. The van der Waals surface area contributed by atoms with Gasteiger partial charge in [0.05, 0.1) is 10.5 Å². The van der Waals surface area contributed by atoms with Gasteiger partial charge in [-0.1, -0.05) is 37.3 Å². The summed E-state index contributed by atoms with van der Waals surface area (Å²) in [6.45, 7) is 2.03. The average molecular weight is 375 g/mol. The van der Waals surface area contributed by atoms with Crippen molar-refractivity contribution in [3.63, 3.8) is 0 Å². The normalized spacial score (nSPS) is 12.2. The molecule has 0 heterocycles. The number of benzene rings is 2. The van der Waals surface area contributed by atoms with Gasteiger partial charge >= 0.3 is 5.97 Å². The number of nitrogens with one attached hydrogen (secondary N) is 1. The molecular weight excluding hydrogens is 354 g/mol. The molecule has 0 saturated heterocycles. The molecule has 1 N–H and O–H groups in total. The van der Waals surface area contributed by atoms with Crippen molar-refractivity contribution in [2.45, 2.75) is 17.7 Å². The van der Waals surface area contributed by atoms with Crippen LogP contribution in [-0.2, 0) is 19.4 Å². The molecule has 0 aliphatic rings. The molecule has 0 spiro atoms. The predicted molar refractivity (Wildman–Crippen MR) is 97.7 cm³/mol. The molecule has 138 valence electrons. The van der Waals surface area contributed by atoms with E-state index < -0.39 is 28.3 Å². The summed E-state index contributed by atoms with van der Waals surface area (Å²) in [7, 11) is -3.33. The summed E-state index contributed by atoms with van der Waals surface area (Å²) >= 11 is 0. The molecular formula is C19H21NO5S. The second kappa shape index (κ2) is 8.62. The second-order valence-electron chi connectivity index (χ2n) is 5.99. The molecule has 26 heavy (non-hydrogen) atoms. The summed E-state index contributed by atoms with van der Waals surface area (Å²) in [5.74, 6) is -0.940. The lowest BCUT2D eigenvalue weighted by Crippen LogP contribution is -2.31. The molecule has 1 atom stereocenters. The Labute approximate surface area is 153 Å². The van der Waals surface area contributed by atoms with Crippen LogP contribution >= 0.6 is 0 Å². The zero-order chi connectivity index (χ0) is 19.2. The van der Waals surface area contributed by atoms with Gasteiger partial charge in [0.1, 0.15) is 0 Å². The van der Waals surface area contributed by atoms with Crippen LogP contribution in [-0.4, -0.2) is 39.7 Å². The van der Waals surface area contributed by atoms with Gasteiger partial charge in [-0.2, -0.15) is 0 Å². The summed E-state index contributed by atoms with van der Waals surface area (Å²) in [6.07, 6.45) is 1.08. The number of carbonyl (C=O) groups excluding carboxylic acids is 2. The number of amides is 1. The third-order valence-corrected chi connectivity index (χ3v) is 4.96. The van der Waals surface area contributed by atoms with Gasteiger partial charge in [0, 0.05) is 12.8 Å². The number of hydrogen-bond acceptors (Lipinski definition) is 5. The molecule has 1 amide bonds. The first-order valence-corrected chi connectivity index (χ1v) is 9.95. The highest BCUT2D eigenvalue weighted by Crippen LogP contribution is 2.13. The number of ether oxygens (including phenoxy) is 1. The van der Waals surface area contributed by atoms with Crippen LogP contribution in [0.25, 0.3) is 0 Å². The van der Waals surface area contributed by atoms with E-state index in [1.54, 1.807) is 0 Å². The minimum atomic E-state index is -3.33. The van der Waals surface area contributed by atoms with E-state index in [0.717, 1.165) is 11.8 Å². The summed E-state index contributed by atoms with van der Waals surface area (Å²) in [5.41, 5.74) is 1.29. The lowest BCUT2D eigenvalue weighted by molar-refractivity contribution is -0.124. The molecule has 0 aliphatic heterocycles. The highest BCUT2D eigenvalue weighted by Gasteiger charge is 2.13. The predicted octanol–water partition coefficient (Wildman–Crippen LogP) is 2.17. The smallest absolute Gasteiger partial charge is 0.338 e. The highest BCUT2D eigenvalue weighted by atomic mass is 32.2. The van der Waals surface area contributed by atoms with E-state index >= 15 is 0 Å². The van der Waals surface area contributed by atoms with Crippen molar-refractivity contribution < 1.29 is 22.7 Å². The number of sulfone groups is 1. The van der Waals surface area contributed by atoms with E-state index in [2.05, 4.69) is 5.32 Å². The summed E-state index contributed by atoms with van der Waals surface area (Å²) in [4.78, 5) is 23.9. The Bertz CT molecular complexity index is 861. The van der Waals surface area contributed by atoms with Crippen molar-refractivity contribution in [2.24, 2.45) is 0 Å². The van der Waals surface area contributed by atoms with Crippen LogP contribution in [0.4, 0.5) is 0 Å². The standard InChI is InChI=1S/C19H21NO5S/c1-14(15-6-4-3-5-7-15)12-20-18(21)13-25-19(22)16-8-10-17(11-9-16)26(2,23)24/h3-11,14H,12-13H2,1-2H3,(H,20,21)/t14-/m0/s1. The minimum Gasteiger partial charge on any atom is -0.452 e. The van der Waals surface area contributed by atoms with E-state index in [1.165, 1.54) is 24.3 Å². The first-order chi connectivity index (χ1) is 12.3. The summed E-state index contributed by atoms with van der Waals surface area (Å²) < 4.78 is 27.7.